The first-order valence-electron chi connectivity index (χ1n) is 3.84. The van der Waals surface area contributed by atoms with Crippen LogP contribution in [0.5, 0.6) is 0 Å². The van der Waals surface area contributed by atoms with Crippen LogP contribution in [0.3, 0.4) is 0 Å². The predicted molar refractivity (Wildman–Crippen MR) is 37.5 cm³/mol. The van der Waals surface area contributed by atoms with Gasteiger partial charge < -0.3 is 0 Å². The molecule has 2 aliphatic rings. The zero-order valence-corrected chi connectivity index (χ0v) is 6.25. The molecular formula is C7H10N2O2. The number of carbonyl (C=O) groups excluding carboxylic acids is 2. The maximum absolute atomic E-state index is 10.9. The lowest BCUT2D eigenvalue weighted by molar-refractivity contribution is -0.161. The number of rotatable bonds is 1. The summed E-state index contributed by atoms with van der Waals surface area (Å²) in [4.78, 5) is 21.7. The van der Waals surface area contributed by atoms with E-state index in [-0.39, 0.29) is 11.7 Å². The fraction of sp³-hybridized carbons (Fsp3) is 0.714. The van der Waals surface area contributed by atoms with Gasteiger partial charge in [0, 0.05) is 25.9 Å². The minimum atomic E-state index is 0.153. The third-order valence-electron chi connectivity index (χ3n) is 2.17. The number of β-lactam (4-membered cyclic amide) rings is 1. The average Bonchev–Trinajstić information content (AvgIpc) is 2.33. The van der Waals surface area contributed by atoms with E-state index in [0.717, 1.165) is 13.1 Å². The normalized spacial score (nSPS) is 26.0. The number of Topliss-reactive ketones (excluding diaryl/α,β-unsaturated/α-hetero) is 1. The van der Waals surface area contributed by atoms with Crippen molar-refractivity contribution >= 4 is 11.7 Å². The van der Waals surface area contributed by atoms with Gasteiger partial charge in [-0.2, -0.15) is 0 Å². The van der Waals surface area contributed by atoms with Crippen LogP contribution < -0.4 is 0 Å². The Hall–Kier alpha value is -0.900. The summed E-state index contributed by atoms with van der Waals surface area (Å²) in [7, 11) is 0. The highest BCUT2D eigenvalue weighted by molar-refractivity contribution is 5.85. The van der Waals surface area contributed by atoms with E-state index in [9.17, 15) is 9.59 Å². The van der Waals surface area contributed by atoms with Gasteiger partial charge in [0.15, 0.2) is 0 Å². The molecule has 11 heavy (non-hydrogen) atoms. The van der Waals surface area contributed by atoms with Crippen LogP contribution in [0.15, 0.2) is 0 Å². The quantitative estimate of drug-likeness (QED) is 0.474. The van der Waals surface area contributed by atoms with Crippen LogP contribution in [0.25, 0.3) is 0 Å². The highest BCUT2D eigenvalue weighted by atomic mass is 16.2. The second kappa shape index (κ2) is 2.30. The number of amides is 1. The van der Waals surface area contributed by atoms with Crippen molar-refractivity contribution in [1.29, 1.82) is 0 Å². The largest absolute Gasteiger partial charge is 0.298 e. The SMILES string of the molecule is O=C1CCN(N2CCC2=O)C1. The number of hydrogen-bond acceptors (Lipinski definition) is 3. The summed E-state index contributed by atoms with van der Waals surface area (Å²) in [5, 5.41) is 3.51. The summed E-state index contributed by atoms with van der Waals surface area (Å²) in [5.41, 5.74) is 0. The first-order chi connectivity index (χ1) is 5.27. The zero-order valence-electron chi connectivity index (χ0n) is 6.25. The van der Waals surface area contributed by atoms with Gasteiger partial charge in [0.2, 0.25) is 5.91 Å². The minimum absolute atomic E-state index is 0.153. The summed E-state index contributed by atoms with van der Waals surface area (Å²) < 4.78 is 0. The second-order valence-electron chi connectivity index (χ2n) is 2.94. The van der Waals surface area contributed by atoms with Crippen molar-refractivity contribution in [1.82, 2.24) is 10.0 Å². The highest BCUT2D eigenvalue weighted by Crippen LogP contribution is 2.16. The van der Waals surface area contributed by atoms with Gasteiger partial charge >= 0.3 is 0 Å². The van der Waals surface area contributed by atoms with Crippen molar-refractivity contribution in [3.05, 3.63) is 0 Å². The van der Waals surface area contributed by atoms with Crippen LogP contribution in [0.2, 0.25) is 0 Å². The minimum Gasteiger partial charge on any atom is -0.298 e. The molecule has 4 heteroatoms. The van der Waals surface area contributed by atoms with Crippen LogP contribution in [-0.4, -0.2) is 41.3 Å². The Morgan fingerprint density at radius 3 is 2.27 bits per heavy atom. The monoisotopic (exact) mass is 154 g/mol. The zero-order chi connectivity index (χ0) is 7.84. The van der Waals surface area contributed by atoms with Crippen molar-refractivity contribution in [2.75, 3.05) is 19.6 Å². The van der Waals surface area contributed by atoms with Gasteiger partial charge in [-0.1, -0.05) is 0 Å². The Balaban J connectivity index is 1.96. The molecule has 0 aromatic heterocycles. The molecule has 0 unspecified atom stereocenters. The number of nitrogens with zero attached hydrogens (tertiary/aromatic N) is 2. The van der Waals surface area contributed by atoms with Crippen molar-refractivity contribution in [3.8, 4) is 0 Å². The number of carbonyl (C=O) groups is 2. The van der Waals surface area contributed by atoms with E-state index >= 15 is 0 Å². The molecule has 0 atom stereocenters. The first-order valence-corrected chi connectivity index (χ1v) is 3.84. The van der Waals surface area contributed by atoms with Crippen molar-refractivity contribution in [2.24, 2.45) is 0 Å². The van der Waals surface area contributed by atoms with Crippen LogP contribution in [0.4, 0.5) is 0 Å². The van der Waals surface area contributed by atoms with Gasteiger partial charge in [-0.3, -0.25) is 14.6 Å². The van der Waals surface area contributed by atoms with E-state index in [1.807, 2.05) is 5.01 Å². The lowest BCUT2D eigenvalue weighted by atomic mass is 10.2. The van der Waals surface area contributed by atoms with E-state index in [2.05, 4.69) is 0 Å². The molecule has 0 aromatic carbocycles. The molecule has 60 valence electrons. The highest BCUT2D eigenvalue weighted by Gasteiger charge is 2.33. The molecule has 2 saturated heterocycles. The predicted octanol–water partition coefficient (Wildman–Crippen LogP) is -0.592. The maximum atomic E-state index is 10.9. The van der Waals surface area contributed by atoms with Crippen LogP contribution in [0, 0.1) is 0 Å². The van der Waals surface area contributed by atoms with Gasteiger partial charge in [0.05, 0.1) is 6.54 Å². The molecule has 0 aliphatic carbocycles. The van der Waals surface area contributed by atoms with Gasteiger partial charge in [0.1, 0.15) is 5.78 Å². The van der Waals surface area contributed by atoms with Gasteiger partial charge in [-0.15, -0.1) is 0 Å². The molecule has 1 amide bonds. The molecule has 0 radical (unpaired) electrons. The first kappa shape index (κ1) is 6.79. The second-order valence-corrected chi connectivity index (χ2v) is 2.94. The van der Waals surface area contributed by atoms with E-state index in [1.54, 1.807) is 5.01 Å². The Morgan fingerprint density at radius 2 is 1.91 bits per heavy atom. The van der Waals surface area contributed by atoms with E-state index in [1.165, 1.54) is 0 Å². The van der Waals surface area contributed by atoms with Gasteiger partial charge in [-0.25, -0.2) is 5.01 Å². The Bertz CT molecular complexity index is 214. The van der Waals surface area contributed by atoms with Crippen molar-refractivity contribution in [3.63, 3.8) is 0 Å². The standard InChI is InChI=1S/C7H10N2O2/c10-6-1-3-8(5-6)9-4-2-7(9)11/h1-5H2. The van der Waals surface area contributed by atoms with Crippen molar-refractivity contribution < 1.29 is 9.59 Å². The summed E-state index contributed by atoms with van der Waals surface area (Å²) in [6.07, 6.45) is 1.24. The number of ketones is 1. The average molecular weight is 154 g/mol. The molecular weight excluding hydrogens is 144 g/mol. The molecule has 2 rings (SSSR count). The topological polar surface area (TPSA) is 40.6 Å². The number of hydrogen-bond donors (Lipinski definition) is 0. The lowest BCUT2D eigenvalue weighted by Gasteiger charge is -2.37. The molecule has 2 fully saturated rings. The molecule has 0 N–H and O–H groups in total. The van der Waals surface area contributed by atoms with E-state index in [4.69, 9.17) is 0 Å². The fourth-order valence-corrected chi connectivity index (χ4v) is 1.42. The third kappa shape index (κ3) is 1.03. The summed E-state index contributed by atoms with van der Waals surface area (Å²) >= 11 is 0. The lowest BCUT2D eigenvalue weighted by Crippen LogP contribution is -2.53. The number of hydrazine groups is 1. The van der Waals surface area contributed by atoms with Crippen LogP contribution in [-0.2, 0) is 9.59 Å². The molecule has 0 spiro atoms. The molecule has 0 bridgehead atoms. The van der Waals surface area contributed by atoms with Crippen LogP contribution in [0.1, 0.15) is 12.8 Å². The smallest absolute Gasteiger partial charge is 0.238 e. The molecule has 0 aromatic rings. The Kier molecular flexibility index (Phi) is 1.42. The molecule has 4 nitrogen and oxygen atoms in total. The summed E-state index contributed by atoms with van der Waals surface area (Å²) in [5.74, 6) is 0.393. The molecule has 2 heterocycles. The van der Waals surface area contributed by atoms with Crippen molar-refractivity contribution in [2.45, 2.75) is 12.8 Å². The van der Waals surface area contributed by atoms with Gasteiger partial charge in [-0.05, 0) is 0 Å². The van der Waals surface area contributed by atoms with Gasteiger partial charge in [0.25, 0.3) is 0 Å². The third-order valence-corrected chi connectivity index (χ3v) is 2.17. The van der Waals surface area contributed by atoms with Crippen LogP contribution >= 0.6 is 0 Å². The summed E-state index contributed by atoms with van der Waals surface area (Å²) in [6, 6.07) is 0. The van der Waals surface area contributed by atoms with E-state index in [0.29, 0.717) is 19.4 Å². The maximum Gasteiger partial charge on any atom is 0.238 e. The summed E-state index contributed by atoms with van der Waals surface area (Å²) in [6.45, 7) is 1.96. The fourth-order valence-electron chi connectivity index (χ4n) is 1.42. The Labute approximate surface area is 64.7 Å². The Morgan fingerprint density at radius 1 is 1.09 bits per heavy atom. The molecule has 0 saturated carbocycles. The van der Waals surface area contributed by atoms with E-state index < -0.39 is 0 Å². The molecule has 2 aliphatic heterocycles.